The highest BCUT2D eigenvalue weighted by Gasteiger charge is 2.27. The first-order chi connectivity index (χ1) is 11.8. The number of rotatable bonds is 2. The van der Waals surface area contributed by atoms with Crippen molar-refractivity contribution in [2.75, 3.05) is 0 Å². The molecule has 0 bridgehead atoms. The molecule has 2 aromatic carbocycles. The molecule has 1 aliphatic carbocycles. The molecule has 0 saturated heterocycles. The maximum atomic E-state index is 4.83. The molecule has 0 amide bonds. The van der Waals surface area contributed by atoms with Crippen molar-refractivity contribution in [1.82, 2.24) is 14.8 Å². The molecule has 0 radical (unpaired) electrons. The lowest BCUT2D eigenvalue weighted by molar-refractivity contribution is 0.859. The van der Waals surface area contributed by atoms with Crippen molar-refractivity contribution in [3.8, 4) is 27.6 Å². The Bertz CT molecular complexity index is 1040. The molecule has 4 aromatic rings. The summed E-state index contributed by atoms with van der Waals surface area (Å²) in [5, 5.41) is 7.80. The van der Waals surface area contributed by atoms with E-state index in [9.17, 15) is 0 Å². The normalized spacial score (nSPS) is 12.2. The Hall–Kier alpha value is -2.72. The summed E-state index contributed by atoms with van der Waals surface area (Å²) >= 11 is 1.64. The van der Waals surface area contributed by atoms with Gasteiger partial charge in [-0.05, 0) is 12.5 Å². The van der Waals surface area contributed by atoms with Gasteiger partial charge in [0.15, 0.2) is 0 Å². The lowest BCUT2D eigenvalue weighted by Crippen LogP contribution is -1.99. The van der Waals surface area contributed by atoms with Crippen LogP contribution in [0, 0.1) is 6.92 Å². The molecule has 4 heteroatoms. The van der Waals surface area contributed by atoms with E-state index in [1.54, 1.807) is 11.3 Å². The highest BCUT2D eigenvalue weighted by molar-refractivity contribution is 7.12. The number of nitrogens with zero attached hydrogens (tertiary/aromatic N) is 3. The minimum absolute atomic E-state index is 0.926. The first kappa shape index (κ1) is 13.7. The molecule has 2 heterocycles. The molecule has 3 nitrogen and oxygen atoms in total. The third-order valence-electron chi connectivity index (χ3n) is 4.57. The topological polar surface area (TPSA) is 30.7 Å². The van der Waals surface area contributed by atoms with E-state index in [-0.39, 0.29) is 0 Å². The summed E-state index contributed by atoms with van der Waals surface area (Å²) < 4.78 is 2.02. The fraction of sp³-hybridized carbons (Fsp3) is 0.100. The molecule has 0 aliphatic heterocycles. The van der Waals surface area contributed by atoms with Crippen molar-refractivity contribution in [2.45, 2.75) is 13.3 Å². The van der Waals surface area contributed by atoms with Crippen LogP contribution in [0.4, 0.5) is 0 Å². The van der Waals surface area contributed by atoms with Crippen LogP contribution in [0.3, 0.4) is 0 Å². The van der Waals surface area contributed by atoms with E-state index in [0.717, 1.165) is 28.5 Å². The summed E-state index contributed by atoms with van der Waals surface area (Å²) in [6.07, 6.45) is 0.967. The maximum Gasteiger partial charge on any atom is 0.211 e. The second-order valence-electron chi connectivity index (χ2n) is 6.04. The van der Waals surface area contributed by atoms with E-state index in [0.29, 0.717) is 0 Å². The third-order valence-corrected chi connectivity index (χ3v) is 5.38. The zero-order valence-corrected chi connectivity index (χ0v) is 14.0. The maximum absolute atomic E-state index is 4.83. The standard InChI is InChI=1S/C20H15N3S/c1-13-17-11-15-9-5-6-10-16(15)19(17)23(22-13)20-21-18(12-24-20)14-7-3-2-4-8-14/h2-10,12H,11H2,1H3. The lowest BCUT2D eigenvalue weighted by Gasteiger charge is -2.04. The molecule has 5 rings (SSSR count). The van der Waals surface area contributed by atoms with Crippen LogP contribution in [0.5, 0.6) is 0 Å². The Kier molecular flexibility index (Phi) is 2.94. The van der Waals surface area contributed by atoms with Crippen LogP contribution in [-0.2, 0) is 6.42 Å². The first-order valence-corrected chi connectivity index (χ1v) is 8.87. The van der Waals surface area contributed by atoms with Gasteiger partial charge < -0.3 is 0 Å². The van der Waals surface area contributed by atoms with Crippen molar-refractivity contribution in [2.24, 2.45) is 0 Å². The van der Waals surface area contributed by atoms with Gasteiger partial charge in [-0.25, -0.2) is 9.67 Å². The van der Waals surface area contributed by atoms with Crippen LogP contribution in [0.15, 0.2) is 60.0 Å². The summed E-state index contributed by atoms with van der Waals surface area (Å²) in [7, 11) is 0. The number of fused-ring (bicyclic) bond motifs is 3. The van der Waals surface area contributed by atoms with Gasteiger partial charge in [0, 0.05) is 28.5 Å². The Labute approximate surface area is 144 Å². The zero-order valence-electron chi connectivity index (χ0n) is 13.2. The first-order valence-electron chi connectivity index (χ1n) is 7.99. The largest absolute Gasteiger partial charge is 0.218 e. The molecule has 0 saturated carbocycles. The SMILES string of the molecule is Cc1nn(-c2nc(-c3ccccc3)cs2)c2c1Cc1ccccc1-2. The fourth-order valence-electron chi connectivity index (χ4n) is 3.39. The Morgan fingerprint density at radius 2 is 1.79 bits per heavy atom. The van der Waals surface area contributed by atoms with Crippen LogP contribution < -0.4 is 0 Å². The van der Waals surface area contributed by atoms with E-state index in [1.807, 2.05) is 22.9 Å². The van der Waals surface area contributed by atoms with Crippen molar-refractivity contribution in [3.05, 3.63) is 76.8 Å². The van der Waals surface area contributed by atoms with Crippen molar-refractivity contribution in [1.29, 1.82) is 0 Å². The van der Waals surface area contributed by atoms with E-state index < -0.39 is 0 Å². The van der Waals surface area contributed by atoms with Crippen LogP contribution in [0.2, 0.25) is 0 Å². The summed E-state index contributed by atoms with van der Waals surface area (Å²) in [6.45, 7) is 2.09. The predicted octanol–water partition coefficient (Wildman–Crippen LogP) is 4.88. The van der Waals surface area contributed by atoms with Crippen LogP contribution in [-0.4, -0.2) is 14.8 Å². The number of benzene rings is 2. The monoisotopic (exact) mass is 329 g/mol. The highest BCUT2D eigenvalue weighted by Crippen LogP contribution is 2.40. The molecule has 0 N–H and O–H groups in total. The van der Waals surface area contributed by atoms with Crippen molar-refractivity contribution in [3.63, 3.8) is 0 Å². The van der Waals surface area contributed by atoms with Gasteiger partial charge in [-0.2, -0.15) is 5.10 Å². The van der Waals surface area contributed by atoms with E-state index in [1.165, 1.54) is 22.4 Å². The second-order valence-corrected chi connectivity index (χ2v) is 6.88. The number of aryl methyl sites for hydroxylation is 1. The molecular weight excluding hydrogens is 314 g/mol. The van der Waals surface area contributed by atoms with Crippen LogP contribution >= 0.6 is 11.3 Å². The van der Waals surface area contributed by atoms with Gasteiger partial charge in [0.05, 0.1) is 17.1 Å². The summed E-state index contributed by atoms with van der Waals surface area (Å²) in [4.78, 5) is 4.83. The molecule has 2 aromatic heterocycles. The highest BCUT2D eigenvalue weighted by atomic mass is 32.1. The third kappa shape index (κ3) is 1.96. The number of hydrogen-bond donors (Lipinski definition) is 0. The predicted molar refractivity (Wildman–Crippen MR) is 97.7 cm³/mol. The molecule has 24 heavy (non-hydrogen) atoms. The fourth-order valence-corrected chi connectivity index (χ4v) is 4.17. The minimum Gasteiger partial charge on any atom is -0.218 e. The van der Waals surface area contributed by atoms with Gasteiger partial charge in [0.2, 0.25) is 5.13 Å². The number of hydrogen-bond acceptors (Lipinski definition) is 3. The van der Waals surface area contributed by atoms with E-state index in [4.69, 9.17) is 10.1 Å². The van der Waals surface area contributed by atoms with Gasteiger partial charge in [-0.3, -0.25) is 0 Å². The molecule has 116 valence electrons. The summed E-state index contributed by atoms with van der Waals surface area (Å²) in [5.74, 6) is 0. The molecule has 0 fully saturated rings. The van der Waals surface area contributed by atoms with Gasteiger partial charge in [-0.1, -0.05) is 54.6 Å². The van der Waals surface area contributed by atoms with Gasteiger partial charge in [-0.15, -0.1) is 11.3 Å². The molecule has 0 unspecified atom stereocenters. The molecule has 0 atom stereocenters. The number of thiazole rings is 1. The van der Waals surface area contributed by atoms with Gasteiger partial charge in [0.1, 0.15) is 0 Å². The van der Waals surface area contributed by atoms with Crippen LogP contribution in [0.1, 0.15) is 16.8 Å². The Morgan fingerprint density at radius 1 is 1.00 bits per heavy atom. The average molecular weight is 329 g/mol. The molecule has 1 aliphatic rings. The Morgan fingerprint density at radius 3 is 2.67 bits per heavy atom. The smallest absolute Gasteiger partial charge is 0.211 e. The average Bonchev–Trinajstić information content (AvgIpc) is 3.31. The van der Waals surface area contributed by atoms with Crippen molar-refractivity contribution < 1.29 is 0 Å². The lowest BCUT2D eigenvalue weighted by atomic mass is 10.1. The minimum atomic E-state index is 0.926. The Balaban J connectivity index is 1.66. The van der Waals surface area contributed by atoms with E-state index in [2.05, 4.69) is 48.7 Å². The molecular formula is C20H15N3S. The van der Waals surface area contributed by atoms with Gasteiger partial charge in [0.25, 0.3) is 0 Å². The quantitative estimate of drug-likeness (QED) is 0.462. The number of aromatic nitrogens is 3. The zero-order chi connectivity index (χ0) is 16.1. The summed E-state index contributed by atoms with van der Waals surface area (Å²) in [6, 6.07) is 18.9. The second kappa shape index (κ2) is 5.14. The van der Waals surface area contributed by atoms with E-state index >= 15 is 0 Å². The summed E-state index contributed by atoms with van der Waals surface area (Å²) in [5.41, 5.74) is 8.43. The van der Waals surface area contributed by atoms with Crippen molar-refractivity contribution >= 4 is 11.3 Å². The van der Waals surface area contributed by atoms with Crippen LogP contribution in [0.25, 0.3) is 27.6 Å². The van der Waals surface area contributed by atoms with Gasteiger partial charge >= 0.3 is 0 Å². The molecule has 0 spiro atoms.